The quantitative estimate of drug-likeness (QED) is 0.539. The Morgan fingerprint density at radius 1 is 0.826 bits per heavy atom. The Morgan fingerprint density at radius 2 is 1.17 bits per heavy atom. The van der Waals surface area contributed by atoms with Crippen molar-refractivity contribution < 1.29 is 34.4 Å². The van der Waals surface area contributed by atoms with E-state index in [0.29, 0.717) is 13.2 Å². The minimum absolute atomic E-state index is 0.355. The first kappa shape index (κ1) is 23.4. The van der Waals surface area contributed by atoms with Gasteiger partial charge in [-0.25, -0.2) is 9.59 Å². The highest BCUT2D eigenvalue weighted by Crippen LogP contribution is 2.06. The predicted molar refractivity (Wildman–Crippen MR) is 85.8 cm³/mol. The molecule has 0 unspecified atom stereocenters. The smallest absolute Gasteiger partial charge is 0.371 e. The molecule has 0 atom stereocenters. The number of rotatable bonds is 8. The first-order valence-corrected chi connectivity index (χ1v) is 7.72. The van der Waals surface area contributed by atoms with Gasteiger partial charge in [-0.1, -0.05) is 39.5 Å². The molecule has 0 radical (unpaired) electrons. The fourth-order valence-electron chi connectivity index (χ4n) is 1.29. The molecule has 1 rings (SSSR count). The molecule has 0 saturated carbocycles. The number of carboxylic acid groups (broad SMARTS) is 2. The van der Waals surface area contributed by atoms with E-state index < -0.39 is 11.9 Å². The van der Waals surface area contributed by atoms with E-state index in [4.69, 9.17) is 20.4 Å². The molecule has 0 aliphatic heterocycles. The standard InChI is InChI=1S/C6H4O5.2C5H12O/c7-5(8)3-1-2-4(11-3)6(9)10;2*1-2-3-4-5-6/h1-2H,(H,7,8)(H,9,10);2*6H,2-5H2,1H3. The highest BCUT2D eigenvalue weighted by molar-refractivity contribution is 5.88. The Labute approximate surface area is 136 Å². The third-order valence-corrected chi connectivity index (χ3v) is 2.55. The number of furan rings is 1. The maximum absolute atomic E-state index is 10.2. The summed E-state index contributed by atoms with van der Waals surface area (Å²) in [7, 11) is 0. The average Bonchev–Trinajstić information content (AvgIpc) is 3.02. The highest BCUT2D eigenvalue weighted by atomic mass is 16.4. The first-order chi connectivity index (χ1) is 10.9. The normalized spacial score (nSPS) is 9.22. The van der Waals surface area contributed by atoms with E-state index in [-0.39, 0.29) is 11.5 Å². The van der Waals surface area contributed by atoms with Gasteiger partial charge in [-0.05, 0) is 25.0 Å². The topological polar surface area (TPSA) is 128 Å². The molecule has 0 aliphatic carbocycles. The van der Waals surface area contributed by atoms with Crippen molar-refractivity contribution in [2.24, 2.45) is 0 Å². The largest absolute Gasteiger partial charge is 0.475 e. The van der Waals surface area contributed by atoms with E-state index >= 15 is 0 Å². The van der Waals surface area contributed by atoms with Crippen molar-refractivity contribution in [3.63, 3.8) is 0 Å². The Hall–Kier alpha value is -1.86. The van der Waals surface area contributed by atoms with Crippen molar-refractivity contribution in [1.82, 2.24) is 0 Å². The lowest BCUT2D eigenvalue weighted by Gasteiger charge is -1.85. The summed E-state index contributed by atoms with van der Waals surface area (Å²) in [5.41, 5.74) is 0. The molecule has 0 spiro atoms. The number of carboxylic acids is 2. The zero-order valence-electron chi connectivity index (χ0n) is 13.8. The lowest BCUT2D eigenvalue weighted by molar-refractivity contribution is 0.0631. The van der Waals surface area contributed by atoms with Crippen LogP contribution in [0, 0.1) is 0 Å². The van der Waals surface area contributed by atoms with E-state index in [0.717, 1.165) is 37.8 Å². The van der Waals surface area contributed by atoms with Crippen LogP contribution in [0.25, 0.3) is 0 Å². The van der Waals surface area contributed by atoms with Gasteiger partial charge in [0.1, 0.15) is 0 Å². The van der Waals surface area contributed by atoms with Gasteiger partial charge in [0.15, 0.2) is 0 Å². The van der Waals surface area contributed by atoms with Gasteiger partial charge in [-0.2, -0.15) is 0 Å². The molecule has 4 N–H and O–H groups in total. The molecule has 0 fully saturated rings. The average molecular weight is 332 g/mol. The fourth-order valence-corrected chi connectivity index (χ4v) is 1.29. The number of hydrogen-bond acceptors (Lipinski definition) is 5. The minimum atomic E-state index is -1.28. The molecule has 0 aliphatic rings. The van der Waals surface area contributed by atoms with Crippen molar-refractivity contribution in [1.29, 1.82) is 0 Å². The molecule has 1 aromatic rings. The summed E-state index contributed by atoms with van der Waals surface area (Å²) in [6.45, 7) is 4.95. The predicted octanol–water partition coefficient (Wildman–Crippen LogP) is 3.01. The third kappa shape index (κ3) is 14.8. The number of carbonyl (C=O) groups is 2. The Kier molecular flexibility index (Phi) is 16.8. The van der Waals surface area contributed by atoms with Crippen molar-refractivity contribution in [3.8, 4) is 0 Å². The first-order valence-electron chi connectivity index (χ1n) is 7.72. The summed E-state index contributed by atoms with van der Waals surface area (Å²) in [4.78, 5) is 20.3. The second-order valence-electron chi connectivity index (χ2n) is 4.64. The molecule has 134 valence electrons. The van der Waals surface area contributed by atoms with Crippen molar-refractivity contribution in [3.05, 3.63) is 23.7 Å². The van der Waals surface area contributed by atoms with Crippen LogP contribution in [0.15, 0.2) is 16.5 Å². The van der Waals surface area contributed by atoms with Crippen LogP contribution in [-0.2, 0) is 0 Å². The van der Waals surface area contributed by atoms with E-state index in [1.807, 2.05) is 0 Å². The van der Waals surface area contributed by atoms with E-state index in [9.17, 15) is 9.59 Å². The van der Waals surface area contributed by atoms with Crippen molar-refractivity contribution in [2.45, 2.75) is 52.4 Å². The van der Waals surface area contributed by atoms with Crippen LogP contribution >= 0.6 is 0 Å². The molecule has 7 nitrogen and oxygen atoms in total. The van der Waals surface area contributed by atoms with E-state index in [1.165, 1.54) is 12.8 Å². The molecule has 1 heterocycles. The third-order valence-electron chi connectivity index (χ3n) is 2.55. The second kappa shape index (κ2) is 16.5. The summed E-state index contributed by atoms with van der Waals surface area (Å²) in [6.07, 6.45) is 6.65. The van der Waals surface area contributed by atoms with Crippen LogP contribution in [0.1, 0.15) is 73.5 Å². The monoisotopic (exact) mass is 332 g/mol. The molecular formula is C16H28O7. The van der Waals surface area contributed by atoms with E-state index in [2.05, 4.69) is 18.3 Å². The van der Waals surface area contributed by atoms with Crippen LogP contribution < -0.4 is 0 Å². The Bertz CT molecular complexity index is 368. The molecule has 0 aromatic carbocycles. The van der Waals surface area contributed by atoms with E-state index in [1.54, 1.807) is 0 Å². The molecule has 0 saturated heterocycles. The molecule has 0 amide bonds. The van der Waals surface area contributed by atoms with Crippen molar-refractivity contribution in [2.75, 3.05) is 13.2 Å². The SMILES string of the molecule is CCCCCO.CCCCCO.O=C(O)c1ccc(C(=O)O)o1. The van der Waals surface area contributed by atoms with Gasteiger partial charge in [0.2, 0.25) is 11.5 Å². The maximum Gasteiger partial charge on any atom is 0.371 e. The zero-order chi connectivity index (χ0) is 18.1. The number of aromatic carboxylic acids is 2. The van der Waals surface area contributed by atoms with Gasteiger partial charge < -0.3 is 24.8 Å². The lowest BCUT2D eigenvalue weighted by Crippen LogP contribution is -1.94. The molecule has 0 bridgehead atoms. The van der Waals surface area contributed by atoms with Crippen molar-refractivity contribution >= 4 is 11.9 Å². The summed E-state index contributed by atoms with van der Waals surface area (Å²) in [5, 5.41) is 33.0. The summed E-state index contributed by atoms with van der Waals surface area (Å²) < 4.78 is 4.41. The Balaban J connectivity index is 0. The van der Waals surface area contributed by atoms with Crippen LogP contribution in [0.4, 0.5) is 0 Å². The van der Waals surface area contributed by atoms with Gasteiger partial charge >= 0.3 is 11.9 Å². The van der Waals surface area contributed by atoms with Gasteiger partial charge in [-0.15, -0.1) is 0 Å². The maximum atomic E-state index is 10.2. The minimum Gasteiger partial charge on any atom is -0.475 e. The number of unbranched alkanes of at least 4 members (excludes halogenated alkanes) is 4. The fraction of sp³-hybridized carbons (Fsp3) is 0.625. The van der Waals surface area contributed by atoms with Crippen LogP contribution in [0.5, 0.6) is 0 Å². The molecule has 23 heavy (non-hydrogen) atoms. The van der Waals surface area contributed by atoms with Gasteiger partial charge in [0.25, 0.3) is 0 Å². The van der Waals surface area contributed by atoms with Gasteiger partial charge in [-0.3, -0.25) is 0 Å². The van der Waals surface area contributed by atoms with Gasteiger partial charge in [0.05, 0.1) is 0 Å². The molecular weight excluding hydrogens is 304 g/mol. The zero-order valence-corrected chi connectivity index (χ0v) is 13.8. The number of aliphatic hydroxyl groups is 2. The molecule has 7 heteroatoms. The number of aliphatic hydroxyl groups excluding tert-OH is 2. The van der Waals surface area contributed by atoms with Crippen LogP contribution in [0.2, 0.25) is 0 Å². The summed E-state index contributed by atoms with van der Waals surface area (Å²) in [5.74, 6) is -3.31. The van der Waals surface area contributed by atoms with Crippen LogP contribution in [-0.4, -0.2) is 45.6 Å². The summed E-state index contributed by atoms with van der Waals surface area (Å²) >= 11 is 0. The second-order valence-corrected chi connectivity index (χ2v) is 4.64. The molecule has 1 aromatic heterocycles. The van der Waals surface area contributed by atoms with Gasteiger partial charge in [0, 0.05) is 13.2 Å². The lowest BCUT2D eigenvalue weighted by atomic mass is 10.3. The van der Waals surface area contributed by atoms with Crippen LogP contribution in [0.3, 0.4) is 0 Å². The summed E-state index contributed by atoms with van der Waals surface area (Å²) in [6, 6.07) is 2.18. The highest BCUT2D eigenvalue weighted by Gasteiger charge is 2.12. The number of hydrogen-bond donors (Lipinski definition) is 4. The Morgan fingerprint density at radius 3 is 1.30 bits per heavy atom.